The first-order chi connectivity index (χ1) is 9.26. The molecule has 1 N–H and O–H groups in total. The van der Waals surface area contributed by atoms with Gasteiger partial charge < -0.3 is 0 Å². The minimum Gasteiger partial charge on any atom is -0.265 e. The Hall–Kier alpha value is -1.68. The summed E-state index contributed by atoms with van der Waals surface area (Å²) in [6, 6.07) is 4.16. The molecule has 0 aliphatic carbocycles. The zero-order valence-corrected chi connectivity index (χ0v) is 11.4. The van der Waals surface area contributed by atoms with E-state index in [2.05, 4.69) is 13.5 Å². The SMILES string of the molecule is O=S(=O)(Cc1cccc(C(F)(F)F)c1)Nc1cnsn1. The second kappa shape index (κ2) is 5.37. The van der Waals surface area contributed by atoms with Crippen LogP contribution >= 0.6 is 11.7 Å². The first kappa shape index (κ1) is 14.7. The Kier molecular flexibility index (Phi) is 3.95. The zero-order chi connectivity index (χ0) is 14.8. The number of sulfonamides is 1. The van der Waals surface area contributed by atoms with Gasteiger partial charge in [0.05, 0.1) is 29.2 Å². The Balaban J connectivity index is 2.17. The number of alkyl halides is 3. The van der Waals surface area contributed by atoms with Gasteiger partial charge in [-0.3, -0.25) is 4.72 Å². The molecule has 1 aromatic heterocycles. The Morgan fingerprint density at radius 2 is 2.05 bits per heavy atom. The number of aromatic nitrogens is 2. The summed E-state index contributed by atoms with van der Waals surface area (Å²) in [5, 5.41) is 0. The fourth-order valence-corrected chi connectivity index (χ4v) is 3.00. The highest BCUT2D eigenvalue weighted by Crippen LogP contribution is 2.29. The van der Waals surface area contributed by atoms with E-state index in [1.54, 1.807) is 0 Å². The van der Waals surface area contributed by atoms with Gasteiger partial charge in [0.25, 0.3) is 0 Å². The molecule has 2 aromatic rings. The number of halogens is 3. The Morgan fingerprint density at radius 3 is 2.65 bits per heavy atom. The molecule has 108 valence electrons. The van der Waals surface area contributed by atoms with Crippen molar-refractivity contribution in [3.8, 4) is 0 Å². The van der Waals surface area contributed by atoms with Crippen LogP contribution in [-0.2, 0) is 22.0 Å². The second-order valence-electron chi connectivity index (χ2n) is 3.85. The van der Waals surface area contributed by atoms with Crippen LogP contribution in [0.15, 0.2) is 30.5 Å². The maximum atomic E-state index is 12.5. The van der Waals surface area contributed by atoms with Crippen molar-refractivity contribution in [2.75, 3.05) is 4.72 Å². The second-order valence-corrected chi connectivity index (χ2v) is 6.13. The summed E-state index contributed by atoms with van der Waals surface area (Å²) in [7, 11) is -3.83. The number of benzene rings is 1. The van der Waals surface area contributed by atoms with Crippen molar-refractivity contribution in [2.24, 2.45) is 0 Å². The summed E-state index contributed by atoms with van der Waals surface area (Å²) < 4.78 is 70.5. The molecular weight excluding hydrogens is 315 g/mol. The van der Waals surface area contributed by atoms with Crippen molar-refractivity contribution < 1.29 is 21.6 Å². The lowest BCUT2D eigenvalue weighted by Crippen LogP contribution is -2.15. The standard InChI is InChI=1S/C10H8F3N3O2S2/c11-10(12,13)8-3-1-2-7(4-8)6-20(17,18)16-9-5-14-19-15-9/h1-5H,6H2,(H,15,16). The molecule has 0 amide bonds. The molecule has 10 heteroatoms. The van der Waals surface area contributed by atoms with Gasteiger partial charge in [-0.2, -0.15) is 21.9 Å². The van der Waals surface area contributed by atoms with Crippen LogP contribution in [0.5, 0.6) is 0 Å². The zero-order valence-electron chi connectivity index (χ0n) is 9.76. The van der Waals surface area contributed by atoms with Crippen molar-refractivity contribution >= 4 is 27.6 Å². The van der Waals surface area contributed by atoms with E-state index >= 15 is 0 Å². The van der Waals surface area contributed by atoms with Crippen LogP contribution in [-0.4, -0.2) is 17.2 Å². The average Bonchev–Trinajstić information content (AvgIpc) is 2.79. The third-order valence-electron chi connectivity index (χ3n) is 2.23. The first-order valence-electron chi connectivity index (χ1n) is 5.20. The lowest BCUT2D eigenvalue weighted by molar-refractivity contribution is -0.137. The third-order valence-corrected chi connectivity index (χ3v) is 3.94. The normalized spacial score (nSPS) is 12.3. The molecule has 0 unspecified atom stereocenters. The van der Waals surface area contributed by atoms with Crippen molar-refractivity contribution in [3.05, 3.63) is 41.6 Å². The van der Waals surface area contributed by atoms with Gasteiger partial charge in [0.2, 0.25) is 10.0 Å². The molecule has 0 saturated carbocycles. The summed E-state index contributed by atoms with van der Waals surface area (Å²) in [6.07, 6.45) is -3.29. The van der Waals surface area contributed by atoms with Crippen molar-refractivity contribution in [3.63, 3.8) is 0 Å². The van der Waals surface area contributed by atoms with Crippen LogP contribution in [0.3, 0.4) is 0 Å². The minimum absolute atomic E-state index is 0.0375. The predicted octanol–water partition coefficient (Wildman–Crippen LogP) is 2.50. The van der Waals surface area contributed by atoms with Gasteiger partial charge in [0.1, 0.15) is 0 Å². The molecule has 20 heavy (non-hydrogen) atoms. The summed E-state index contributed by atoms with van der Waals surface area (Å²) in [5.41, 5.74) is -0.851. The van der Waals surface area contributed by atoms with Gasteiger partial charge in [0, 0.05) is 0 Å². The van der Waals surface area contributed by atoms with Gasteiger partial charge in [-0.1, -0.05) is 18.2 Å². The van der Waals surface area contributed by atoms with Crippen molar-refractivity contribution in [1.82, 2.24) is 8.75 Å². The Morgan fingerprint density at radius 1 is 1.30 bits per heavy atom. The topological polar surface area (TPSA) is 72.0 Å². The van der Waals surface area contributed by atoms with Crippen molar-refractivity contribution in [2.45, 2.75) is 11.9 Å². The molecule has 0 radical (unpaired) electrons. The fourth-order valence-electron chi connectivity index (χ4n) is 1.46. The monoisotopic (exact) mass is 323 g/mol. The minimum atomic E-state index is -4.51. The van der Waals surface area contributed by atoms with Crippen LogP contribution in [0.1, 0.15) is 11.1 Å². The number of rotatable bonds is 4. The molecule has 0 spiro atoms. The van der Waals surface area contributed by atoms with E-state index in [-0.39, 0.29) is 11.4 Å². The predicted molar refractivity (Wildman–Crippen MR) is 67.6 cm³/mol. The molecule has 0 aliphatic heterocycles. The lowest BCUT2D eigenvalue weighted by Gasteiger charge is -2.09. The molecule has 1 heterocycles. The van der Waals surface area contributed by atoms with E-state index in [1.807, 2.05) is 0 Å². The van der Waals surface area contributed by atoms with E-state index in [1.165, 1.54) is 12.3 Å². The summed E-state index contributed by atoms with van der Waals surface area (Å²) in [5.74, 6) is -0.531. The summed E-state index contributed by atoms with van der Waals surface area (Å²) in [4.78, 5) is 0. The highest BCUT2D eigenvalue weighted by molar-refractivity contribution is 7.91. The van der Waals surface area contributed by atoms with Crippen LogP contribution in [0.2, 0.25) is 0 Å². The molecule has 2 rings (SSSR count). The van der Waals surface area contributed by atoms with E-state index in [0.717, 1.165) is 29.9 Å². The van der Waals surface area contributed by atoms with Gasteiger partial charge in [-0.05, 0) is 11.6 Å². The number of hydrogen-bond donors (Lipinski definition) is 1. The molecule has 0 atom stereocenters. The number of nitrogens with zero attached hydrogens (tertiary/aromatic N) is 2. The number of anilines is 1. The molecule has 5 nitrogen and oxygen atoms in total. The van der Waals surface area contributed by atoms with Crippen LogP contribution in [0.25, 0.3) is 0 Å². The van der Waals surface area contributed by atoms with Crippen LogP contribution in [0, 0.1) is 0 Å². The highest BCUT2D eigenvalue weighted by Gasteiger charge is 2.30. The van der Waals surface area contributed by atoms with E-state index < -0.39 is 27.5 Å². The first-order valence-corrected chi connectivity index (χ1v) is 7.59. The molecule has 0 saturated heterocycles. The average molecular weight is 323 g/mol. The molecule has 0 bridgehead atoms. The quantitative estimate of drug-likeness (QED) is 0.938. The largest absolute Gasteiger partial charge is 0.416 e. The third kappa shape index (κ3) is 3.90. The molecule has 0 aliphatic rings. The fraction of sp³-hybridized carbons (Fsp3) is 0.200. The van der Waals surface area contributed by atoms with Crippen LogP contribution < -0.4 is 4.72 Å². The van der Waals surface area contributed by atoms with Gasteiger partial charge in [0.15, 0.2) is 5.82 Å². The van der Waals surface area contributed by atoms with E-state index in [9.17, 15) is 21.6 Å². The number of nitrogens with one attached hydrogen (secondary N) is 1. The number of hydrogen-bond acceptors (Lipinski definition) is 5. The van der Waals surface area contributed by atoms with Gasteiger partial charge in [-0.25, -0.2) is 8.42 Å². The van der Waals surface area contributed by atoms with Gasteiger partial charge >= 0.3 is 6.18 Å². The maximum absolute atomic E-state index is 12.5. The Bertz CT molecular complexity index is 684. The summed E-state index contributed by atoms with van der Waals surface area (Å²) in [6.45, 7) is 0. The summed E-state index contributed by atoms with van der Waals surface area (Å²) >= 11 is 0.817. The maximum Gasteiger partial charge on any atom is 0.416 e. The Labute approximate surface area is 116 Å². The molecular formula is C10H8F3N3O2S2. The lowest BCUT2D eigenvalue weighted by atomic mass is 10.1. The van der Waals surface area contributed by atoms with Crippen LogP contribution in [0.4, 0.5) is 19.0 Å². The smallest absolute Gasteiger partial charge is 0.265 e. The van der Waals surface area contributed by atoms with E-state index in [4.69, 9.17) is 0 Å². The van der Waals surface area contributed by atoms with Gasteiger partial charge in [-0.15, -0.1) is 0 Å². The molecule has 0 fully saturated rings. The highest BCUT2D eigenvalue weighted by atomic mass is 32.2. The van der Waals surface area contributed by atoms with Crippen molar-refractivity contribution in [1.29, 1.82) is 0 Å². The van der Waals surface area contributed by atoms with E-state index in [0.29, 0.717) is 0 Å². The molecule has 1 aromatic carbocycles.